The fourth-order valence-electron chi connectivity index (χ4n) is 3.74. The molecule has 2 N–H and O–H groups in total. The molecule has 0 spiro atoms. The molecule has 0 unspecified atom stereocenters. The van der Waals surface area contributed by atoms with E-state index in [-0.39, 0.29) is 0 Å². The molecule has 0 radical (unpaired) electrons. The first-order valence-electron chi connectivity index (χ1n) is 9.95. The summed E-state index contributed by atoms with van der Waals surface area (Å²) in [4.78, 5) is 6.88. The number of methoxy groups -OCH3 is 1. The Morgan fingerprint density at radius 2 is 1.93 bits per heavy atom. The van der Waals surface area contributed by atoms with Crippen LogP contribution in [0.4, 0.5) is 0 Å². The molecule has 0 bridgehead atoms. The standard InChI is InChI=1S/C22H32N4O/c1-23-22(25-20-11-14-26(15-12-20)16-17-27-2)24-13-10-19-8-5-7-18-6-3-4-9-21(18)19/h3-9,20H,10-17H2,1-2H3,(H2,23,24,25). The average Bonchev–Trinajstić information content (AvgIpc) is 2.72. The van der Waals surface area contributed by atoms with Crippen LogP contribution in [0.3, 0.4) is 0 Å². The van der Waals surface area contributed by atoms with Crippen LogP contribution < -0.4 is 10.6 Å². The van der Waals surface area contributed by atoms with Crippen LogP contribution in [0.2, 0.25) is 0 Å². The number of piperidine rings is 1. The molecule has 1 saturated heterocycles. The van der Waals surface area contributed by atoms with Crippen LogP contribution in [-0.2, 0) is 11.2 Å². The van der Waals surface area contributed by atoms with Crippen molar-refractivity contribution in [1.29, 1.82) is 0 Å². The lowest BCUT2D eigenvalue weighted by Crippen LogP contribution is -2.49. The number of nitrogens with zero attached hydrogens (tertiary/aromatic N) is 2. The summed E-state index contributed by atoms with van der Waals surface area (Å²) >= 11 is 0. The monoisotopic (exact) mass is 368 g/mol. The van der Waals surface area contributed by atoms with E-state index in [0.717, 1.165) is 58.0 Å². The van der Waals surface area contributed by atoms with Gasteiger partial charge in [-0.1, -0.05) is 42.5 Å². The van der Waals surface area contributed by atoms with Gasteiger partial charge in [0, 0.05) is 46.4 Å². The Bertz CT molecular complexity index is 733. The third-order valence-corrected chi connectivity index (χ3v) is 5.33. The average molecular weight is 369 g/mol. The second kappa shape index (κ2) is 10.3. The Balaban J connectivity index is 1.44. The number of guanidine groups is 1. The lowest BCUT2D eigenvalue weighted by atomic mass is 10.0. The second-order valence-electron chi connectivity index (χ2n) is 7.14. The molecule has 0 aromatic heterocycles. The molecule has 2 aromatic rings. The van der Waals surface area contributed by atoms with Crippen LogP contribution in [-0.4, -0.2) is 63.8 Å². The van der Waals surface area contributed by atoms with Gasteiger partial charge in [0.05, 0.1) is 6.61 Å². The van der Waals surface area contributed by atoms with Gasteiger partial charge in [0.15, 0.2) is 5.96 Å². The molecule has 1 aliphatic rings. The molecule has 0 aliphatic carbocycles. The van der Waals surface area contributed by atoms with E-state index in [4.69, 9.17) is 4.74 Å². The highest BCUT2D eigenvalue weighted by Gasteiger charge is 2.19. The molecule has 1 aliphatic heterocycles. The van der Waals surface area contributed by atoms with Crippen molar-refractivity contribution in [1.82, 2.24) is 15.5 Å². The van der Waals surface area contributed by atoms with Gasteiger partial charge in [0.2, 0.25) is 0 Å². The molecule has 27 heavy (non-hydrogen) atoms. The molecule has 3 rings (SSSR count). The number of aliphatic imine (C=N–C) groups is 1. The number of ether oxygens (including phenoxy) is 1. The van der Waals surface area contributed by atoms with Crippen molar-refractivity contribution in [3.05, 3.63) is 48.0 Å². The normalized spacial score (nSPS) is 16.6. The molecule has 1 heterocycles. The summed E-state index contributed by atoms with van der Waals surface area (Å²) in [5, 5.41) is 9.71. The van der Waals surface area contributed by atoms with Crippen LogP contribution in [0.1, 0.15) is 18.4 Å². The van der Waals surface area contributed by atoms with Gasteiger partial charge in [0.1, 0.15) is 0 Å². The maximum Gasteiger partial charge on any atom is 0.191 e. The summed E-state index contributed by atoms with van der Waals surface area (Å²) in [6.45, 7) is 4.96. The summed E-state index contributed by atoms with van der Waals surface area (Å²) < 4.78 is 5.17. The molecule has 1 fully saturated rings. The fourth-order valence-corrected chi connectivity index (χ4v) is 3.74. The minimum Gasteiger partial charge on any atom is -0.383 e. The summed E-state index contributed by atoms with van der Waals surface area (Å²) in [5.41, 5.74) is 1.38. The molecule has 0 saturated carbocycles. The van der Waals surface area contributed by atoms with Crippen LogP contribution in [0.5, 0.6) is 0 Å². The predicted octanol–water partition coefficient (Wildman–Crippen LogP) is 2.66. The Kier molecular flexibility index (Phi) is 7.48. The van der Waals surface area contributed by atoms with Crippen LogP contribution in [0.25, 0.3) is 10.8 Å². The third kappa shape index (κ3) is 5.68. The Morgan fingerprint density at radius 1 is 1.15 bits per heavy atom. The molecule has 5 nitrogen and oxygen atoms in total. The smallest absolute Gasteiger partial charge is 0.191 e. The first kappa shape index (κ1) is 19.6. The van der Waals surface area contributed by atoms with Gasteiger partial charge in [0.25, 0.3) is 0 Å². The van der Waals surface area contributed by atoms with Crippen molar-refractivity contribution in [3.63, 3.8) is 0 Å². The number of rotatable bonds is 7. The summed E-state index contributed by atoms with van der Waals surface area (Å²) in [6, 6.07) is 15.6. The zero-order valence-electron chi connectivity index (χ0n) is 16.6. The van der Waals surface area contributed by atoms with Gasteiger partial charge in [-0.05, 0) is 35.6 Å². The number of benzene rings is 2. The van der Waals surface area contributed by atoms with Crippen molar-refractivity contribution in [3.8, 4) is 0 Å². The maximum absolute atomic E-state index is 5.17. The molecule has 5 heteroatoms. The summed E-state index contributed by atoms with van der Waals surface area (Å²) in [5.74, 6) is 0.908. The Labute approximate surface area is 162 Å². The van der Waals surface area contributed by atoms with E-state index < -0.39 is 0 Å². The fraction of sp³-hybridized carbons (Fsp3) is 0.500. The van der Waals surface area contributed by atoms with Gasteiger partial charge in [-0.3, -0.25) is 4.99 Å². The largest absolute Gasteiger partial charge is 0.383 e. The number of nitrogens with one attached hydrogen (secondary N) is 2. The summed E-state index contributed by atoms with van der Waals surface area (Å²) in [7, 11) is 3.61. The van der Waals surface area contributed by atoms with E-state index in [2.05, 4.69) is 63.0 Å². The summed E-state index contributed by atoms with van der Waals surface area (Å²) in [6.07, 6.45) is 3.28. The molecular formula is C22H32N4O. The number of fused-ring (bicyclic) bond motifs is 1. The number of hydrogen-bond acceptors (Lipinski definition) is 3. The van der Waals surface area contributed by atoms with Gasteiger partial charge in [-0.15, -0.1) is 0 Å². The van der Waals surface area contributed by atoms with Crippen molar-refractivity contribution in [2.45, 2.75) is 25.3 Å². The minimum absolute atomic E-state index is 0.493. The first-order valence-corrected chi connectivity index (χ1v) is 9.95. The van der Waals surface area contributed by atoms with E-state index in [1.807, 2.05) is 7.05 Å². The van der Waals surface area contributed by atoms with Crippen molar-refractivity contribution >= 4 is 16.7 Å². The molecule has 2 aromatic carbocycles. The molecule has 0 amide bonds. The van der Waals surface area contributed by atoms with Crippen molar-refractivity contribution in [2.24, 2.45) is 4.99 Å². The highest BCUT2D eigenvalue weighted by atomic mass is 16.5. The van der Waals surface area contributed by atoms with E-state index in [1.54, 1.807) is 7.11 Å². The topological polar surface area (TPSA) is 48.9 Å². The second-order valence-corrected chi connectivity index (χ2v) is 7.14. The van der Waals surface area contributed by atoms with Crippen LogP contribution in [0.15, 0.2) is 47.5 Å². The lowest BCUT2D eigenvalue weighted by Gasteiger charge is -2.32. The van der Waals surface area contributed by atoms with Gasteiger partial charge in [-0.2, -0.15) is 0 Å². The zero-order chi connectivity index (χ0) is 18.9. The molecule has 0 atom stereocenters. The predicted molar refractivity (Wildman–Crippen MR) is 113 cm³/mol. The van der Waals surface area contributed by atoms with Gasteiger partial charge < -0.3 is 20.3 Å². The van der Waals surface area contributed by atoms with Gasteiger partial charge in [-0.25, -0.2) is 0 Å². The maximum atomic E-state index is 5.17. The molecule has 146 valence electrons. The molecular weight excluding hydrogens is 336 g/mol. The van der Waals surface area contributed by atoms with Crippen molar-refractivity contribution < 1.29 is 4.74 Å². The first-order chi connectivity index (χ1) is 13.3. The SMILES string of the molecule is CN=C(NCCc1cccc2ccccc12)NC1CCN(CCOC)CC1. The number of likely N-dealkylation sites (tertiary alicyclic amines) is 1. The van der Waals surface area contributed by atoms with E-state index in [9.17, 15) is 0 Å². The highest BCUT2D eigenvalue weighted by molar-refractivity contribution is 5.85. The van der Waals surface area contributed by atoms with Crippen LogP contribution in [0, 0.1) is 0 Å². The van der Waals surface area contributed by atoms with Crippen LogP contribution >= 0.6 is 0 Å². The quantitative estimate of drug-likeness (QED) is 0.583. The van der Waals surface area contributed by atoms with E-state index in [1.165, 1.54) is 16.3 Å². The minimum atomic E-state index is 0.493. The Morgan fingerprint density at radius 3 is 2.70 bits per heavy atom. The van der Waals surface area contributed by atoms with Crippen molar-refractivity contribution in [2.75, 3.05) is 46.9 Å². The van der Waals surface area contributed by atoms with E-state index in [0.29, 0.717) is 6.04 Å². The van der Waals surface area contributed by atoms with Gasteiger partial charge >= 0.3 is 0 Å². The van der Waals surface area contributed by atoms with E-state index >= 15 is 0 Å². The zero-order valence-corrected chi connectivity index (χ0v) is 16.6. The Hall–Kier alpha value is -2.11. The lowest BCUT2D eigenvalue weighted by molar-refractivity contribution is 0.128. The highest BCUT2D eigenvalue weighted by Crippen LogP contribution is 2.18. The third-order valence-electron chi connectivity index (χ3n) is 5.33. The number of hydrogen-bond donors (Lipinski definition) is 2.